The Kier molecular flexibility index (Phi) is 4.16. The van der Waals surface area contributed by atoms with Gasteiger partial charge in [0.25, 0.3) is 6.54 Å². The van der Waals surface area contributed by atoms with E-state index < -0.39 is 12.0 Å². The molecule has 5 heteroatoms. The first-order valence-corrected chi connectivity index (χ1v) is 2.72. The highest BCUT2D eigenvalue weighted by Gasteiger charge is 2.01. The van der Waals surface area contributed by atoms with E-state index >= 15 is 0 Å². The van der Waals surface area contributed by atoms with Crippen LogP contribution in [0.4, 0.5) is 4.79 Å². The zero-order valence-electron chi connectivity index (χ0n) is 5.66. The van der Waals surface area contributed by atoms with Gasteiger partial charge >= 0.3 is 12.0 Å². The molecule has 0 aromatic rings. The smallest absolute Gasteiger partial charge is 0.376 e. The Bertz CT molecular complexity index is 236. The van der Waals surface area contributed by atoms with Crippen molar-refractivity contribution < 1.29 is 14.7 Å². The SMILES string of the molecule is C=CC[N+]#CC(=O)NC(=O)[O-]. The molecule has 0 saturated carbocycles. The Hall–Kier alpha value is -1.83. The van der Waals surface area contributed by atoms with Crippen molar-refractivity contribution in [3.05, 3.63) is 17.5 Å². The number of amides is 2. The van der Waals surface area contributed by atoms with E-state index in [4.69, 9.17) is 0 Å². The fraction of sp³-hybridized carbons (Fsp3) is 0.167. The minimum atomic E-state index is -1.67. The molecule has 0 unspecified atom stereocenters. The number of carboxylic acid groups (broad SMARTS) is 1. The van der Waals surface area contributed by atoms with Crippen LogP contribution in [-0.4, -0.2) is 18.5 Å². The van der Waals surface area contributed by atoms with Crippen LogP contribution in [0.15, 0.2) is 12.7 Å². The topological polar surface area (TPSA) is 73.6 Å². The number of carbonyl (C=O) groups excluding carboxylic acids is 2. The summed E-state index contributed by atoms with van der Waals surface area (Å²) in [4.78, 5) is 23.4. The van der Waals surface area contributed by atoms with Gasteiger partial charge in [0.2, 0.25) is 0 Å². The molecular formula is C6H6N2O3. The average Bonchev–Trinajstić information content (AvgIpc) is 1.86. The van der Waals surface area contributed by atoms with Crippen molar-refractivity contribution >= 4 is 12.0 Å². The fourth-order valence-corrected chi connectivity index (χ4v) is 0.303. The first-order valence-electron chi connectivity index (χ1n) is 2.72. The van der Waals surface area contributed by atoms with Crippen molar-refractivity contribution in [2.75, 3.05) is 6.54 Å². The summed E-state index contributed by atoms with van der Waals surface area (Å²) in [6.07, 6.45) is -0.226. The summed E-state index contributed by atoms with van der Waals surface area (Å²) in [5.74, 6) is -0.938. The molecule has 0 radical (unpaired) electrons. The monoisotopic (exact) mass is 154 g/mol. The third kappa shape index (κ3) is 6.05. The molecule has 5 nitrogen and oxygen atoms in total. The summed E-state index contributed by atoms with van der Waals surface area (Å²) < 4.78 is 0. The Morgan fingerprint density at radius 1 is 1.73 bits per heavy atom. The lowest BCUT2D eigenvalue weighted by Gasteiger charge is -1.94. The third-order valence-electron chi connectivity index (χ3n) is 0.617. The van der Waals surface area contributed by atoms with E-state index in [1.54, 1.807) is 0 Å². The predicted octanol–water partition coefficient (Wildman–Crippen LogP) is -1.04. The van der Waals surface area contributed by atoms with Crippen LogP contribution in [0.2, 0.25) is 0 Å². The Labute approximate surface area is 63.1 Å². The molecule has 58 valence electrons. The number of carbonyl (C=O) groups is 2. The van der Waals surface area contributed by atoms with Crippen molar-refractivity contribution in [2.24, 2.45) is 0 Å². The van der Waals surface area contributed by atoms with Crippen molar-refractivity contribution in [2.45, 2.75) is 0 Å². The number of nitrogens with one attached hydrogen (secondary N) is 1. The molecule has 0 aliphatic carbocycles. The van der Waals surface area contributed by atoms with Gasteiger partial charge in [0.15, 0.2) is 0 Å². The zero-order valence-corrected chi connectivity index (χ0v) is 5.66. The summed E-state index contributed by atoms with van der Waals surface area (Å²) in [6, 6.07) is 1.90. The lowest BCUT2D eigenvalue weighted by atomic mass is 10.6. The van der Waals surface area contributed by atoms with E-state index in [9.17, 15) is 14.7 Å². The number of hydrogen-bond donors (Lipinski definition) is 1. The Morgan fingerprint density at radius 2 is 2.36 bits per heavy atom. The van der Waals surface area contributed by atoms with Crippen molar-refractivity contribution in [3.63, 3.8) is 0 Å². The lowest BCUT2D eigenvalue weighted by Crippen LogP contribution is -2.39. The molecule has 0 aromatic carbocycles. The van der Waals surface area contributed by atoms with Crippen LogP contribution in [0, 0.1) is 6.07 Å². The quantitative estimate of drug-likeness (QED) is 0.387. The molecule has 0 saturated heterocycles. The number of hydrogen-bond acceptors (Lipinski definition) is 3. The molecule has 0 heterocycles. The molecule has 0 spiro atoms. The molecule has 0 aliphatic rings. The van der Waals surface area contributed by atoms with Gasteiger partial charge in [-0.1, -0.05) is 11.4 Å². The average molecular weight is 154 g/mol. The van der Waals surface area contributed by atoms with Crippen molar-refractivity contribution in [3.8, 4) is 6.07 Å². The molecule has 1 N–H and O–H groups in total. The van der Waals surface area contributed by atoms with E-state index in [1.807, 2.05) is 6.07 Å². The van der Waals surface area contributed by atoms with E-state index in [1.165, 1.54) is 11.4 Å². The maximum absolute atomic E-state index is 10.4. The standard InChI is InChI=1S/C6H6N2O3/c1-2-3-7-4-5(9)8-6(10)11/h2H,1,3H2,(H-,8,9,10,11). The highest BCUT2D eigenvalue weighted by molar-refractivity contribution is 6.00. The normalized spacial score (nSPS) is 7.27. The molecule has 0 aromatic heterocycles. The van der Waals surface area contributed by atoms with Crippen LogP contribution in [-0.2, 0) is 4.79 Å². The molecule has 0 fully saturated rings. The van der Waals surface area contributed by atoms with Crippen molar-refractivity contribution in [1.29, 1.82) is 0 Å². The van der Waals surface area contributed by atoms with Gasteiger partial charge < -0.3 is 9.90 Å². The second-order valence-electron chi connectivity index (χ2n) is 1.48. The summed E-state index contributed by atoms with van der Waals surface area (Å²) in [5.41, 5.74) is 0. The van der Waals surface area contributed by atoms with Crippen LogP contribution in [0.25, 0.3) is 4.85 Å². The van der Waals surface area contributed by atoms with Gasteiger partial charge in [0.1, 0.15) is 6.09 Å². The first kappa shape index (κ1) is 9.17. The Morgan fingerprint density at radius 3 is 2.82 bits per heavy atom. The van der Waals surface area contributed by atoms with Gasteiger partial charge in [-0.3, -0.25) is 10.1 Å². The molecule has 0 rings (SSSR count). The van der Waals surface area contributed by atoms with Gasteiger partial charge in [-0.25, -0.2) is 0 Å². The van der Waals surface area contributed by atoms with Gasteiger partial charge in [-0.15, -0.1) is 0 Å². The van der Waals surface area contributed by atoms with Crippen LogP contribution in [0.3, 0.4) is 0 Å². The van der Waals surface area contributed by atoms with E-state index in [-0.39, 0.29) is 6.54 Å². The van der Waals surface area contributed by atoms with Gasteiger partial charge in [0, 0.05) is 0 Å². The highest BCUT2D eigenvalue weighted by Crippen LogP contribution is 1.69. The largest absolute Gasteiger partial charge is 0.530 e. The minimum absolute atomic E-state index is 0.223. The second-order valence-corrected chi connectivity index (χ2v) is 1.48. The third-order valence-corrected chi connectivity index (χ3v) is 0.617. The fourth-order valence-electron chi connectivity index (χ4n) is 0.303. The highest BCUT2D eigenvalue weighted by atomic mass is 16.4. The molecule has 0 bridgehead atoms. The van der Waals surface area contributed by atoms with Gasteiger partial charge in [-0.2, -0.15) is 0 Å². The lowest BCUT2D eigenvalue weighted by molar-refractivity contribution is -0.249. The molecule has 11 heavy (non-hydrogen) atoms. The predicted molar refractivity (Wildman–Crippen MR) is 35.8 cm³/mol. The van der Waals surface area contributed by atoms with Crippen LogP contribution < -0.4 is 10.4 Å². The summed E-state index contributed by atoms with van der Waals surface area (Å²) >= 11 is 0. The minimum Gasteiger partial charge on any atom is -0.530 e. The maximum Gasteiger partial charge on any atom is 0.376 e. The van der Waals surface area contributed by atoms with E-state index in [0.29, 0.717) is 0 Å². The summed E-state index contributed by atoms with van der Waals surface area (Å²) in [7, 11) is 0. The number of imide groups is 1. The molecular weight excluding hydrogens is 148 g/mol. The van der Waals surface area contributed by atoms with Crippen LogP contribution >= 0.6 is 0 Å². The number of nitrogens with zero attached hydrogens (tertiary/aromatic N) is 1. The summed E-state index contributed by atoms with van der Waals surface area (Å²) in [6.45, 7) is 3.55. The van der Waals surface area contributed by atoms with Crippen LogP contribution in [0.5, 0.6) is 0 Å². The van der Waals surface area contributed by atoms with Gasteiger partial charge in [0.05, 0.1) is 0 Å². The molecule has 0 aliphatic heterocycles. The zero-order chi connectivity index (χ0) is 8.69. The summed E-state index contributed by atoms with van der Waals surface area (Å²) in [5, 5.41) is 11.1. The van der Waals surface area contributed by atoms with Crippen LogP contribution in [0.1, 0.15) is 0 Å². The molecule has 2 amide bonds. The maximum atomic E-state index is 10.4. The number of rotatable bonds is 1. The first-order chi connectivity index (χ1) is 5.16. The van der Waals surface area contributed by atoms with E-state index in [0.717, 1.165) is 0 Å². The van der Waals surface area contributed by atoms with E-state index in [2.05, 4.69) is 11.4 Å². The van der Waals surface area contributed by atoms with Crippen molar-refractivity contribution in [1.82, 2.24) is 5.32 Å². The molecule has 0 atom stereocenters. The van der Waals surface area contributed by atoms with Gasteiger partial charge in [-0.05, 0) is 6.08 Å². The Balaban J connectivity index is 3.80. The second kappa shape index (κ2) is 4.99.